The number of rotatable bonds is 5. The van der Waals surface area contributed by atoms with Gasteiger partial charge in [0, 0.05) is 38.4 Å². The highest BCUT2D eigenvalue weighted by Crippen LogP contribution is 2.32. The average molecular weight is 613 g/mol. The molecule has 0 amide bonds. The first-order valence-corrected chi connectivity index (χ1v) is 16.1. The molecule has 0 aliphatic rings. The molecule has 0 unspecified atom stereocenters. The van der Waals surface area contributed by atoms with Crippen LogP contribution < -0.4 is 0 Å². The lowest BCUT2D eigenvalue weighted by molar-refractivity contribution is 1.23. The summed E-state index contributed by atoms with van der Waals surface area (Å²) in [5.41, 5.74) is 12.1. The topological polar surface area (TPSA) is 51.6 Å². The molecule has 224 valence electrons. The van der Waals surface area contributed by atoms with Crippen LogP contribution in [0, 0.1) is 0 Å². The van der Waals surface area contributed by atoms with E-state index < -0.39 is 0 Å². The van der Waals surface area contributed by atoms with Gasteiger partial charge in [0.1, 0.15) is 0 Å². The van der Waals surface area contributed by atoms with E-state index in [1.807, 2.05) is 54.6 Å². The van der Waals surface area contributed by atoms with Gasteiger partial charge in [-0.15, -0.1) is 0 Å². The van der Waals surface area contributed by atoms with Crippen LogP contribution in [0.4, 0.5) is 0 Å². The number of benzene rings is 6. The summed E-state index contributed by atoms with van der Waals surface area (Å²) in [6.07, 6.45) is 0. The first-order valence-electron chi connectivity index (χ1n) is 16.1. The number of nitrogens with zero attached hydrogens (tertiary/aromatic N) is 4. The first-order chi connectivity index (χ1) is 23.8. The number of fused-ring (bicyclic) bond motifs is 4. The van der Waals surface area contributed by atoms with E-state index in [1.54, 1.807) is 0 Å². The van der Waals surface area contributed by atoms with E-state index >= 15 is 0 Å². The molecule has 9 rings (SSSR count). The summed E-state index contributed by atoms with van der Waals surface area (Å²) in [7, 11) is 0. The maximum atomic E-state index is 5.13. The molecular weight excluding hydrogens is 585 g/mol. The zero-order valence-electron chi connectivity index (χ0n) is 26.0. The van der Waals surface area contributed by atoms with Crippen molar-refractivity contribution in [1.29, 1.82) is 0 Å². The third-order valence-electron chi connectivity index (χ3n) is 8.90. The van der Waals surface area contributed by atoms with Gasteiger partial charge in [-0.05, 0) is 29.3 Å². The van der Waals surface area contributed by atoms with Crippen molar-refractivity contribution in [2.45, 2.75) is 0 Å². The van der Waals surface area contributed by atoms with Crippen LogP contribution in [0.2, 0.25) is 0 Å². The molecular formula is C44H28N4. The summed E-state index contributed by atoms with van der Waals surface area (Å²) in [4.78, 5) is 20.1. The molecule has 0 bridgehead atoms. The number of hydrogen-bond donors (Lipinski definition) is 0. The van der Waals surface area contributed by atoms with E-state index in [1.165, 1.54) is 0 Å². The number of hydrogen-bond acceptors (Lipinski definition) is 4. The van der Waals surface area contributed by atoms with Crippen LogP contribution in [0.3, 0.4) is 0 Å². The van der Waals surface area contributed by atoms with Crippen molar-refractivity contribution in [3.8, 4) is 56.3 Å². The minimum absolute atomic E-state index is 0.717. The minimum Gasteiger partial charge on any atom is -0.245 e. The molecule has 9 aromatic rings. The minimum atomic E-state index is 0.717. The SMILES string of the molecule is c1ccc(-c2ccc3ccc4ccc(-c5ccc(-c6ccc(-c7nc(-c8ccccc8)c8ccccc8n7)cc6)cc5)nc4c3n2)cc1. The van der Waals surface area contributed by atoms with Crippen LogP contribution >= 0.6 is 0 Å². The van der Waals surface area contributed by atoms with Crippen molar-refractivity contribution < 1.29 is 0 Å². The van der Waals surface area contributed by atoms with Crippen molar-refractivity contribution in [1.82, 2.24) is 19.9 Å². The quantitative estimate of drug-likeness (QED) is 0.181. The van der Waals surface area contributed by atoms with Crippen LogP contribution in [0.5, 0.6) is 0 Å². The third kappa shape index (κ3) is 5.06. The molecule has 0 atom stereocenters. The smallest absolute Gasteiger partial charge is 0.160 e. The van der Waals surface area contributed by atoms with Gasteiger partial charge in [-0.25, -0.2) is 19.9 Å². The molecule has 4 heteroatoms. The van der Waals surface area contributed by atoms with Gasteiger partial charge in [-0.3, -0.25) is 0 Å². The van der Waals surface area contributed by atoms with Gasteiger partial charge in [-0.1, -0.05) is 152 Å². The van der Waals surface area contributed by atoms with Crippen molar-refractivity contribution in [2.75, 3.05) is 0 Å². The van der Waals surface area contributed by atoms with Crippen molar-refractivity contribution >= 4 is 32.7 Å². The second-order valence-corrected chi connectivity index (χ2v) is 11.9. The molecule has 0 aliphatic carbocycles. The maximum absolute atomic E-state index is 5.13. The molecule has 0 saturated heterocycles. The van der Waals surface area contributed by atoms with E-state index in [0.717, 1.165) is 89.0 Å². The Kier molecular flexibility index (Phi) is 6.76. The average Bonchev–Trinajstić information content (AvgIpc) is 3.18. The fourth-order valence-corrected chi connectivity index (χ4v) is 6.37. The Hall–Kier alpha value is -6.52. The van der Waals surface area contributed by atoms with E-state index in [4.69, 9.17) is 19.9 Å². The molecule has 0 aliphatic heterocycles. The number of aromatic nitrogens is 4. The highest BCUT2D eigenvalue weighted by atomic mass is 14.9. The van der Waals surface area contributed by atoms with Gasteiger partial charge >= 0.3 is 0 Å². The second kappa shape index (κ2) is 11.7. The van der Waals surface area contributed by atoms with Gasteiger partial charge in [0.2, 0.25) is 0 Å². The van der Waals surface area contributed by atoms with Gasteiger partial charge < -0.3 is 0 Å². The zero-order chi connectivity index (χ0) is 31.9. The van der Waals surface area contributed by atoms with Gasteiger partial charge in [0.25, 0.3) is 0 Å². The lowest BCUT2D eigenvalue weighted by atomic mass is 10.0. The molecule has 3 aromatic heterocycles. The Balaban J connectivity index is 1.03. The van der Waals surface area contributed by atoms with Crippen LogP contribution in [0.1, 0.15) is 0 Å². The Bertz CT molecular complexity index is 2580. The fourth-order valence-electron chi connectivity index (χ4n) is 6.37. The molecule has 4 nitrogen and oxygen atoms in total. The Morgan fingerprint density at radius 3 is 1.35 bits per heavy atom. The molecule has 48 heavy (non-hydrogen) atoms. The summed E-state index contributed by atoms with van der Waals surface area (Å²) < 4.78 is 0. The molecule has 6 aromatic carbocycles. The van der Waals surface area contributed by atoms with Crippen molar-refractivity contribution in [3.63, 3.8) is 0 Å². The maximum Gasteiger partial charge on any atom is 0.160 e. The fraction of sp³-hybridized carbons (Fsp3) is 0. The van der Waals surface area contributed by atoms with Crippen LogP contribution in [0.25, 0.3) is 89.0 Å². The van der Waals surface area contributed by atoms with Gasteiger partial charge in [0.05, 0.1) is 33.6 Å². The second-order valence-electron chi connectivity index (χ2n) is 11.9. The number of pyridine rings is 2. The molecule has 0 saturated carbocycles. The molecule has 0 radical (unpaired) electrons. The molecule has 0 fully saturated rings. The standard InChI is InChI=1S/C44H28N4/c1-3-9-31(10-4-1)38-27-25-34-21-22-35-26-28-39(46-43(35)42(34)45-38)32-19-15-29(16-20-32)30-17-23-36(24-18-30)44-47-40-14-8-7-13-37(40)41(48-44)33-11-5-2-6-12-33/h1-28H. The zero-order valence-corrected chi connectivity index (χ0v) is 26.0. The normalized spacial score (nSPS) is 11.3. The highest BCUT2D eigenvalue weighted by molar-refractivity contribution is 6.04. The predicted octanol–water partition coefficient (Wildman–Crippen LogP) is 11.1. The van der Waals surface area contributed by atoms with Crippen molar-refractivity contribution in [3.05, 3.63) is 170 Å². The first kappa shape index (κ1) is 27.8. The Morgan fingerprint density at radius 2 is 0.750 bits per heavy atom. The van der Waals surface area contributed by atoms with Crippen LogP contribution in [-0.2, 0) is 0 Å². The summed E-state index contributed by atoms with van der Waals surface area (Å²) in [5, 5.41) is 3.20. The molecule has 0 N–H and O–H groups in total. The molecule has 3 heterocycles. The lowest BCUT2D eigenvalue weighted by Crippen LogP contribution is -1.95. The molecule has 0 spiro atoms. The number of para-hydroxylation sites is 1. The van der Waals surface area contributed by atoms with E-state index in [9.17, 15) is 0 Å². The van der Waals surface area contributed by atoms with Crippen LogP contribution in [0.15, 0.2) is 170 Å². The third-order valence-corrected chi connectivity index (χ3v) is 8.90. The monoisotopic (exact) mass is 612 g/mol. The van der Waals surface area contributed by atoms with E-state index in [-0.39, 0.29) is 0 Å². The van der Waals surface area contributed by atoms with E-state index in [2.05, 4.69) is 115 Å². The predicted molar refractivity (Wildman–Crippen MR) is 197 cm³/mol. The largest absolute Gasteiger partial charge is 0.245 e. The summed E-state index contributed by atoms with van der Waals surface area (Å²) in [6.45, 7) is 0. The lowest BCUT2D eigenvalue weighted by Gasteiger charge is -2.10. The highest BCUT2D eigenvalue weighted by Gasteiger charge is 2.12. The summed E-state index contributed by atoms with van der Waals surface area (Å²) >= 11 is 0. The van der Waals surface area contributed by atoms with E-state index in [0.29, 0.717) is 0 Å². The van der Waals surface area contributed by atoms with Gasteiger partial charge in [0.15, 0.2) is 5.82 Å². The van der Waals surface area contributed by atoms with Gasteiger partial charge in [-0.2, -0.15) is 0 Å². The van der Waals surface area contributed by atoms with Crippen LogP contribution in [-0.4, -0.2) is 19.9 Å². The summed E-state index contributed by atoms with van der Waals surface area (Å²) in [5.74, 6) is 0.717. The summed E-state index contributed by atoms with van der Waals surface area (Å²) in [6, 6.07) is 58.6. The van der Waals surface area contributed by atoms with Crippen molar-refractivity contribution in [2.24, 2.45) is 0 Å². The Labute approximate surface area is 278 Å². The Morgan fingerprint density at radius 1 is 0.292 bits per heavy atom.